The molecule has 0 saturated carbocycles. The van der Waals surface area contributed by atoms with Gasteiger partial charge in [0.1, 0.15) is 11.6 Å². The second-order valence-electron chi connectivity index (χ2n) is 4.51. The number of aromatic nitrogens is 3. The van der Waals surface area contributed by atoms with Crippen LogP contribution >= 0.6 is 0 Å². The molecule has 20 heavy (non-hydrogen) atoms. The van der Waals surface area contributed by atoms with Crippen LogP contribution in [0.1, 0.15) is 16.5 Å². The minimum Gasteiger partial charge on any atom is -0.320 e. The van der Waals surface area contributed by atoms with Crippen molar-refractivity contribution in [2.24, 2.45) is 0 Å². The van der Waals surface area contributed by atoms with Crippen molar-refractivity contribution in [2.75, 3.05) is 18.4 Å². The Kier molecular flexibility index (Phi) is 3.15. The third-order valence-electron chi connectivity index (χ3n) is 3.00. The lowest BCUT2D eigenvalue weighted by Crippen LogP contribution is -2.43. The molecule has 2 aromatic rings. The zero-order valence-corrected chi connectivity index (χ0v) is 10.3. The molecule has 1 amide bonds. The normalized spacial score (nSPS) is 14.9. The Morgan fingerprint density at radius 2 is 2.00 bits per heavy atom. The molecule has 0 unspecified atom stereocenters. The summed E-state index contributed by atoms with van der Waals surface area (Å²) >= 11 is 0. The molecule has 1 aromatic heterocycles. The van der Waals surface area contributed by atoms with E-state index in [0.717, 1.165) is 31.3 Å². The van der Waals surface area contributed by atoms with Gasteiger partial charge < -0.3 is 10.6 Å². The highest BCUT2D eigenvalue weighted by Crippen LogP contribution is 2.14. The van der Waals surface area contributed by atoms with Gasteiger partial charge in [-0.25, -0.2) is 13.5 Å². The zero-order valence-electron chi connectivity index (χ0n) is 10.3. The first-order valence-corrected chi connectivity index (χ1v) is 6.02. The summed E-state index contributed by atoms with van der Waals surface area (Å²) < 4.78 is 27.6. The molecule has 1 aliphatic heterocycles. The number of carbonyl (C=O) groups excluding carboxylic acids is 1. The summed E-state index contributed by atoms with van der Waals surface area (Å²) in [5.74, 6) is -2.08. The molecule has 0 atom stereocenters. The number of rotatable bonds is 3. The summed E-state index contributed by atoms with van der Waals surface area (Å²) in [6.07, 6.45) is 1.51. The molecule has 2 N–H and O–H groups in total. The van der Waals surface area contributed by atoms with Crippen LogP contribution < -0.4 is 10.6 Å². The summed E-state index contributed by atoms with van der Waals surface area (Å²) in [5, 5.41) is 13.1. The first-order chi connectivity index (χ1) is 9.61. The van der Waals surface area contributed by atoms with E-state index in [4.69, 9.17) is 0 Å². The van der Waals surface area contributed by atoms with E-state index in [0.29, 0.717) is 0 Å². The number of benzene rings is 1. The Morgan fingerprint density at radius 1 is 1.30 bits per heavy atom. The van der Waals surface area contributed by atoms with Crippen molar-refractivity contribution in [3.63, 3.8) is 0 Å². The Balaban J connectivity index is 1.73. The number of halogens is 2. The first kappa shape index (κ1) is 12.7. The molecule has 1 aromatic carbocycles. The lowest BCUT2D eigenvalue weighted by Gasteiger charge is -2.26. The Bertz CT molecular complexity index is 633. The van der Waals surface area contributed by atoms with E-state index in [1.165, 1.54) is 6.20 Å². The summed E-state index contributed by atoms with van der Waals surface area (Å²) in [7, 11) is 0. The molecule has 0 bridgehead atoms. The molecule has 6 nitrogen and oxygen atoms in total. The topological polar surface area (TPSA) is 71.8 Å². The third-order valence-corrected chi connectivity index (χ3v) is 3.00. The third kappa shape index (κ3) is 2.50. The van der Waals surface area contributed by atoms with Gasteiger partial charge in [0.15, 0.2) is 5.69 Å². The van der Waals surface area contributed by atoms with Crippen LogP contribution in [0.5, 0.6) is 0 Å². The maximum atomic E-state index is 13.0. The number of carbonyl (C=O) groups is 1. The van der Waals surface area contributed by atoms with Gasteiger partial charge >= 0.3 is 0 Å². The van der Waals surface area contributed by atoms with Crippen LogP contribution in [0.2, 0.25) is 0 Å². The fraction of sp³-hybridized carbons (Fsp3) is 0.250. The molecule has 1 fully saturated rings. The molecular formula is C12H11F2N5O. The lowest BCUT2D eigenvalue weighted by atomic mass is 10.2. The predicted octanol–water partition coefficient (Wildman–Crippen LogP) is 0.953. The van der Waals surface area contributed by atoms with Crippen LogP contribution in [0, 0.1) is 11.6 Å². The van der Waals surface area contributed by atoms with Crippen molar-refractivity contribution in [3.8, 4) is 0 Å². The number of nitrogens with one attached hydrogen (secondary N) is 2. The number of nitrogens with zero attached hydrogens (tertiary/aromatic N) is 3. The van der Waals surface area contributed by atoms with Gasteiger partial charge in [0.05, 0.1) is 12.2 Å². The van der Waals surface area contributed by atoms with Gasteiger partial charge in [0, 0.05) is 24.8 Å². The van der Waals surface area contributed by atoms with E-state index in [1.807, 2.05) is 0 Å². The van der Waals surface area contributed by atoms with Gasteiger partial charge in [-0.1, -0.05) is 5.21 Å². The molecule has 104 valence electrons. The number of hydrogen-bond acceptors (Lipinski definition) is 4. The van der Waals surface area contributed by atoms with Crippen LogP contribution in [-0.4, -0.2) is 34.0 Å². The van der Waals surface area contributed by atoms with Gasteiger partial charge in [-0.2, -0.15) is 0 Å². The summed E-state index contributed by atoms with van der Waals surface area (Å²) in [4.78, 5) is 11.9. The molecule has 0 radical (unpaired) electrons. The largest absolute Gasteiger partial charge is 0.320 e. The van der Waals surface area contributed by atoms with Crippen molar-refractivity contribution in [1.29, 1.82) is 0 Å². The summed E-state index contributed by atoms with van der Waals surface area (Å²) in [6.45, 7) is 1.55. The molecule has 8 heteroatoms. The Morgan fingerprint density at radius 3 is 2.60 bits per heavy atom. The van der Waals surface area contributed by atoms with Crippen molar-refractivity contribution in [2.45, 2.75) is 6.04 Å². The summed E-state index contributed by atoms with van der Waals surface area (Å²) in [5.41, 5.74) is 0.133. The minimum absolute atomic E-state index is 0.0346. The van der Waals surface area contributed by atoms with E-state index >= 15 is 0 Å². The van der Waals surface area contributed by atoms with E-state index < -0.39 is 17.5 Å². The van der Waals surface area contributed by atoms with Gasteiger partial charge in [-0.3, -0.25) is 4.79 Å². The molecule has 2 heterocycles. The Labute approximate surface area is 112 Å². The number of hydrogen-bond donors (Lipinski definition) is 2. The lowest BCUT2D eigenvalue weighted by molar-refractivity contribution is 0.102. The molecule has 1 aliphatic rings. The average Bonchev–Trinajstić information content (AvgIpc) is 2.74. The SMILES string of the molecule is O=C(Nc1cc(F)cc(F)c1)c1cn(C2CNC2)nn1. The van der Waals surface area contributed by atoms with Gasteiger partial charge in [-0.15, -0.1) is 5.10 Å². The summed E-state index contributed by atoms with van der Waals surface area (Å²) in [6, 6.07) is 2.98. The monoisotopic (exact) mass is 279 g/mol. The molecule has 3 rings (SSSR count). The highest BCUT2D eigenvalue weighted by molar-refractivity contribution is 6.02. The smallest absolute Gasteiger partial charge is 0.277 e. The maximum Gasteiger partial charge on any atom is 0.277 e. The van der Waals surface area contributed by atoms with Crippen LogP contribution in [0.25, 0.3) is 0 Å². The van der Waals surface area contributed by atoms with E-state index in [1.54, 1.807) is 4.68 Å². The predicted molar refractivity (Wildman–Crippen MR) is 66.2 cm³/mol. The standard InChI is InChI=1S/C12H11F2N5O/c13-7-1-8(14)3-9(2-7)16-12(20)11-6-19(18-17-11)10-4-15-5-10/h1-3,6,10,15H,4-5H2,(H,16,20). The second kappa shape index (κ2) is 4.97. The van der Waals surface area contributed by atoms with Crippen molar-refractivity contribution < 1.29 is 13.6 Å². The zero-order chi connectivity index (χ0) is 14.1. The van der Waals surface area contributed by atoms with Crippen LogP contribution in [0.3, 0.4) is 0 Å². The number of amides is 1. The van der Waals surface area contributed by atoms with Crippen LogP contribution in [0.4, 0.5) is 14.5 Å². The average molecular weight is 279 g/mol. The highest BCUT2D eigenvalue weighted by Gasteiger charge is 2.21. The highest BCUT2D eigenvalue weighted by atomic mass is 19.1. The van der Waals surface area contributed by atoms with Crippen LogP contribution in [0.15, 0.2) is 24.4 Å². The van der Waals surface area contributed by atoms with Crippen molar-refractivity contribution in [1.82, 2.24) is 20.3 Å². The Hall–Kier alpha value is -2.35. The number of anilines is 1. The van der Waals surface area contributed by atoms with Gasteiger partial charge in [0.25, 0.3) is 5.91 Å². The van der Waals surface area contributed by atoms with Crippen LogP contribution in [-0.2, 0) is 0 Å². The molecule has 0 aliphatic carbocycles. The van der Waals surface area contributed by atoms with Crippen molar-refractivity contribution in [3.05, 3.63) is 41.7 Å². The second-order valence-corrected chi connectivity index (χ2v) is 4.51. The maximum absolute atomic E-state index is 13.0. The fourth-order valence-electron chi connectivity index (χ4n) is 1.84. The van der Waals surface area contributed by atoms with E-state index in [-0.39, 0.29) is 17.4 Å². The molecule has 1 saturated heterocycles. The van der Waals surface area contributed by atoms with Gasteiger partial charge in [-0.05, 0) is 12.1 Å². The van der Waals surface area contributed by atoms with E-state index in [2.05, 4.69) is 20.9 Å². The molecule has 0 spiro atoms. The van der Waals surface area contributed by atoms with Gasteiger partial charge in [0.2, 0.25) is 0 Å². The quantitative estimate of drug-likeness (QED) is 0.877. The minimum atomic E-state index is -0.760. The molecular weight excluding hydrogens is 268 g/mol. The first-order valence-electron chi connectivity index (χ1n) is 6.02. The van der Waals surface area contributed by atoms with Crippen molar-refractivity contribution >= 4 is 11.6 Å². The fourth-order valence-corrected chi connectivity index (χ4v) is 1.84. The van der Waals surface area contributed by atoms with E-state index in [9.17, 15) is 13.6 Å².